The van der Waals surface area contributed by atoms with Crippen LogP contribution in [0.25, 0.3) is 0 Å². The van der Waals surface area contributed by atoms with Crippen LogP contribution in [0.3, 0.4) is 0 Å². The lowest BCUT2D eigenvalue weighted by Gasteiger charge is -2.11. The van der Waals surface area contributed by atoms with Gasteiger partial charge in [0.15, 0.2) is 0 Å². The lowest BCUT2D eigenvalue weighted by atomic mass is 10.2. The second-order valence-electron chi connectivity index (χ2n) is 4.80. The van der Waals surface area contributed by atoms with Gasteiger partial charge in [-0.2, -0.15) is 8.42 Å². The Bertz CT molecular complexity index is 756. The molecule has 6 heteroatoms. The molecular weight excluding hydrogens is 324 g/mol. The molecular formula is C16H17ClO4S. The molecule has 0 aliphatic rings. The van der Waals surface area contributed by atoms with E-state index in [1.165, 1.54) is 12.1 Å². The number of hydrogen-bond acceptors (Lipinski definition) is 4. The average Bonchev–Trinajstić information content (AvgIpc) is 2.44. The molecule has 118 valence electrons. The predicted octanol–water partition coefficient (Wildman–Crippen LogP) is 4.20. The second kappa shape index (κ2) is 7.03. The predicted molar refractivity (Wildman–Crippen MR) is 86.2 cm³/mol. The zero-order chi connectivity index (χ0) is 16.2. The number of benzene rings is 2. The highest BCUT2D eigenvalue weighted by molar-refractivity contribution is 7.87. The number of hydrogen-bond donors (Lipinski definition) is 0. The lowest BCUT2D eigenvalue weighted by Crippen LogP contribution is -2.10. The Morgan fingerprint density at radius 3 is 2.45 bits per heavy atom. The normalized spacial score (nSPS) is 11.2. The van der Waals surface area contributed by atoms with Crippen LogP contribution < -0.4 is 8.92 Å². The van der Waals surface area contributed by atoms with Gasteiger partial charge < -0.3 is 8.92 Å². The van der Waals surface area contributed by atoms with E-state index < -0.39 is 10.1 Å². The van der Waals surface area contributed by atoms with Crippen molar-refractivity contribution in [3.05, 3.63) is 53.1 Å². The molecule has 0 N–H and O–H groups in total. The Morgan fingerprint density at radius 2 is 1.77 bits per heavy atom. The molecule has 0 fully saturated rings. The van der Waals surface area contributed by atoms with Gasteiger partial charge in [-0.05, 0) is 43.2 Å². The van der Waals surface area contributed by atoms with Crippen molar-refractivity contribution in [2.24, 2.45) is 0 Å². The smallest absolute Gasteiger partial charge is 0.340 e. The minimum Gasteiger partial charge on any atom is -0.493 e. The number of rotatable bonds is 6. The summed E-state index contributed by atoms with van der Waals surface area (Å²) >= 11 is 5.92. The fourth-order valence-electron chi connectivity index (χ4n) is 1.88. The summed E-state index contributed by atoms with van der Waals surface area (Å²) in [5.41, 5.74) is 0.845. The van der Waals surface area contributed by atoms with Crippen molar-refractivity contribution in [3.63, 3.8) is 0 Å². The molecule has 0 aliphatic carbocycles. The summed E-state index contributed by atoms with van der Waals surface area (Å²) in [7, 11) is -3.99. The van der Waals surface area contributed by atoms with E-state index >= 15 is 0 Å². The highest BCUT2D eigenvalue weighted by atomic mass is 35.5. The van der Waals surface area contributed by atoms with Crippen molar-refractivity contribution in [2.45, 2.75) is 25.2 Å². The Balaban J connectivity index is 2.30. The van der Waals surface area contributed by atoms with Crippen LogP contribution in [0.1, 0.15) is 18.9 Å². The van der Waals surface area contributed by atoms with Crippen LogP contribution in [0.5, 0.6) is 11.5 Å². The Morgan fingerprint density at radius 1 is 1.09 bits per heavy atom. The summed E-state index contributed by atoms with van der Waals surface area (Å²) in [6, 6.07) is 11.2. The highest BCUT2D eigenvalue weighted by Crippen LogP contribution is 2.28. The van der Waals surface area contributed by atoms with Crippen molar-refractivity contribution in [1.29, 1.82) is 0 Å². The summed E-state index contributed by atoms with van der Waals surface area (Å²) in [5.74, 6) is 0.775. The zero-order valence-corrected chi connectivity index (χ0v) is 13.9. The Labute approximate surface area is 135 Å². The fraction of sp³-hybridized carbons (Fsp3) is 0.250. The molecule has 0 amide bonds. The van der Waals surface area contributed by atoms with Crippen LogP contribution in [0.4, 0.5) is 0 Å². The van der Waals surface area contributed by atoms with Crippen molar-refractivity contribution in [3.8, 4) is 11.5 Å². The van der Waals surface area contributed by atoms with E-state index in [2.05, 4.69) is 0 Å². The first-order chi connectivity index (χ1) is 10.4. The first kappa shape index (κ1) is 16.6. The van der Waals surface area contributed by atoms with Gasteiger partial charge in [0.25, 0.3) is 0 Å². The monoisotopic (exact) mass is 340 g/mol. The summed E-state index contributed by atoms with van der Waals surface area (Å²) in [5, 5.41) is 0.123. The summed E-state index contributed by atoms with van der Waals surface area (Å²) in [6.45, 7) is 4.39. The fourth-order valence-corrected chi connectivity index (χ4v) is 3.30. The average molecular weight is 341 g/mol. The first-order valence-electron chi connectivity index (χ1n) is 6.86. The van der Waals surface area contributed by atoms with Gasteiger partial charge in [-0.1, -0.05) is 30.7 Å². The van der Waals surface area contributed by atoms with E-state index in [-0.39, 0.29) is 15.7 Å². The van der Waals surface area contributed by atoms with Gasteiger partial charge in [0, 0.05) is 6.07 Å². The molecule has 4 nitrogen and oxygen atoms in total. The van der Waals surface area contributed by atoms with Crippen LogP contribution in [-0.2, 0) is 10.1 Å². The summed E-state index contributed by atoms with van der Waals surface area (Å²) < 4.78 is 35.3. The Kier molecular flexibility index (Phi) is 5.32. The van der Waals surface area contributed by atoms with Gasteiger partial charge in [0.05, 0.1) is 11.6 Å². The molecule has 22 heavy (non-hydrogen) atoms. The minimum atomic E-state index is -3.99. The molecule has 0 aromatic heterocycles. The molecule has 0 atom stereocenters. The minimum absolute atomic E-state index is 0.0609. The SMILES string of the molecule is CCCOc1cc(C)cc(OS(=O)(=O)c2ccccc2Cl)c1. The van der Waals surface area contributed by atoms with E-state index in [1.54, 1.807) is 24.3 Å². The number of aryl methyl sites for hydroxylation is 1. The maximum atomic E-state index is 12.3. The lowest BCUT2D eigenvalue weighted by molar-refractivity contribution is 0.316. The molecule has 0 radical (unpaired) electrons. The van der Waals surface area contributed by atoms with Crippen molar-refractivity contribution in [1.82, 2.24) is 0 Å². The third-order valence-electron chi connectivity index (χ3n) is 2.81. The van der Waals surface area contributed by atoms with Gasteiger partial charge in [-0.15, -0.1) is 0 Å². The third-order valence-corrected chi connectivity index (χ3v) is 4.56. The van der Waals surface area contributed by atoms with Crippen LogP contribution in [-0.4, -0.2) is 15.0 Å². The molecule has 0 aliphatic heterocycles. The third kappa shape index (κ3) is 4.15. The number of ether oxygens (including phenoxy) is 1. The highest BCUT2D eigenvalue weighted by Gasteiger charge is 2.20. The van der Waals surface area contributed by atoms with Crippen LogP contribution >= 0.6 is 11.6 Å². The van der Waals surface area contributed by atoms with Gasteiger partial charge in [-0.25, -0.2) is 0 Å². The van der Waals surface area contributed by atoms with E-state index in [0.717, 1.165) is 12.0 Å². The Hall–Kier alpha value is -1.72. The summed E-state index contributed by atoms with van der Waals surface area (Å²) in [6.07, 6.45) is 0.863. The quantitative estimate of drug-likeness (QED) is 0.739. The topological polar surface area (TPSA) is 52.6 Å². The molecule has 0 saturated carbocycles. The molecule has 0 spiro atoms. The van der Waals surface area contributed by atoms with E-state index in [9.17, 15) is 8.42 Å². The molecule has 0 saturated heterocycles. The largest absolute Gasteiger partial charge is 0.493 e. The molecule has 0 bridgehead atoms. The van der Waals surface area contributed by atoms with Crippen LogP contribution in [0.15, 0.2) is 47.4 Å². The van der Waals surface area contributed by atoms with E-state index in [4.69, 9.17) is 20.5 Å². The molecule has 2 aromatic carbocycles. The molecule has 2 rings (SSSR count). The molecule has 0 heterocycles. The van der Waals surface area contributed by atoms with E-state index in [1.807, 2.05) is 19.9 Å². The maximum absolute atomic E-state index is 12.3. The van der Waals surface area contributed by atoms with Crippen molar-refractivity contribution >= 4 is 21.7 Å². The standard InChI is InChI=1S/C16H17ClO4S/c1-3-8-20-13-9-12(2)10-14(11-13)21-22(18,19)16-7-5-4-6-15(16)17/h4-7,9-11H,3,8H2,1-2H3. The van der Waals surface area contributed by atoms with Gasteiger partial charge in [0.2, 0.25) is 0 Å². The van der Waals surface area contributed by atoms with Crippen LogP contribution in [0, 0.1) is 6.92 Å². The molecule has 2 aromatic rings. The van der Waals surface area contributed by atoms with Gasteiger partial charge >= 0.3 is 10.1 Å². The van der Waals surface area contributed by atoms with Crippen LogP contribution in [0.2, 0.25) is 5.02 Å². The van der Waals surface area contributed by atoms with E-state index in [0.29, 0.717) is 12.4 Å². The number of halogens is 1. The first-order valence-corrected chi connectivity index (χ1v) is 8.64. The van der Waals surface area contributed by atoms with Crippen molar-refractivity contribution in [2.75, 3.05) is 6.61 Å². The zero-order valence-electron chi connectivity index (χ0n) is 12.4. The second-order valence-corrected chi connectivity index (χ2v) is 6.72. The van der Waals surface area contributed by atoms with Gasteiger partial charge in [0.1, 0.15) is 16.4 Å². The van der Waals surface area contributed by atoms with Gasteiger partial charge in [-0.3, -0.25) is 0 Å². The molecule has 0 unspecified atom stereocenters. The maximum Gasteiger partial charge on any atom is 0.340 e. The van der Waals surface area contributed by atoms with Crippen molar-refractivity contribution < 1.29 is 17.3 Å². The summed E-state index contributed by atoms with van der Waals surface area (Å²) in [4.78, 5) is -0.0609.